The summed E-state index contributed by atoms with van der Waals surface area (Å²) in [6.45, 7) is 0.614. The Morgan fingerprint density at radius 3 is 2.50 bits per heavy atom. The molecule has 1 N–H and O–H groups in total. The molecule has 0 amide bonds. The van der Waals surface area contributed by atoms with Gasteiger partial charge in [-0.15, -0.1) is 0 Å². The van der Waals surface area contributed by atoms with Gasteiger partial charge in [-0.1, -0.05) is 42.5 Å². The second-order valence-electron chi connectivity index (χ2n) is 7.39. The predicted octanol–water partition coefficient (Wildman–Crippen LogP) is 5.92. The molecule has 0 saturated heterocycles. The molecular formula is C25H17FN4. The highest BCUT2D eigenvalue weighted by molar-refractivity contribution is 6.11. The topological polar surface area (TPSA) is 46.5 Å². The lowest BCUT2D eigenvalue weighted by molar-refractivity contribution is 0.626. The van der Waals surface area contributed by atoms with Gasteiger partial charge in [0, 0.05) is 29.0 Å². The molecule has 5 heteroatoms. The maximum Gasteiger partial charge on any atom is 0.159 e. The number of nitrogens with one attached hydrogen (secondary N) is 1. The number of benzene rings is 3. The van der Waals surface area contributed by atoms with Gasteiger partial charge in [-0.05, 0) is 42.0 Å². The number of halogens is 1. The van der Waals surface area contributed by atoms with Crippen molar-refractivity contribution in [3.05, 3.63) is 96.4 Å². The van der Waals surface area contributed by atoms with E-state index in [9.17, 15) is 4.39 Å². The lowest BCUT2D eigenvalue weighted by Crippen LogP contribution is -2.01. The van der Waals surface area contributed by atoms with E-state index in [1.807, 2.05) is 60.8 Å². The molecule has 30 heavy (non-hydrogen) atoms. The lowest BCUT2D eigenvalue weighted by Gasteiger charge is -2.10. The largest absolute Gasteiger partial charge is 0.337 e. The van der Waals surface area contributed by atoms with Crippen molar-refractivity contribution in [2.45, 2.75) is 6.54 Å². The Kier molecular flexibility index (Phi) is 3.68. The van der Waals surface area contributed by atoms with Crippen molar-refractivity contribution in [3.8, 4) is 11.5 Å². The highest BCUT2D eigenvalue weighted by Gasteiger charge is 2.18. The van der Waals surface area contributed by atoms with Crippen LogP contribution in [0.5, 0.6) is 0 Å². The summed E-state index contributed by atoms with van der Waals surface area (Å²) in [6, 6.07) is 25.0. The van der Waals surface area contributed by atoms with Crippen molar-refractivity contribution in [2.24, 2.45) is 0 Å². The van der Waals surface area contributed by atoms with Gasteiger partial charge in [0.25, 0.3) is 0 Å². The monoisotopic (exact) mass is 392 g/mol. The predicted molar refractivity (Wildman–Crippen MR) is 118 cm³/mol. The van der Waals surface area contributed by atoms with E-state index in [-0.39, 0.29) is 5.82 Å². The van der Waals surface area contributed by atoms with Crippen molar-refractivity contribution >= 4 is 32.8 Å². The van der Waals surface area contributed by atoms with Gasteiger partial charge in [-0.3, -0.25) is 4.98 Å². The first-order valence-corrected chi connectivity index (χ1v) is 9.83. The maximum absolute atomic E-state index is 13.4. The zero-order valence-corrected chi connectivity index (χ0v) is 16.0. The average Bonchev–Trinajstić information content (AvgIpc) is 3.35. The van der Waals surface area contributed by atoms with Crippen molar-refractivity contribution in [1.29, 1.82) is 0 Å². The van der Waals surface area contributed by atoms with Crippen LogP contribution in [0.15, 0.2) is 85.1 Å². The Morgan fingerprint density at radius 1 is 0.833 bits per heavy atom. The number of hydrogen-bond donors (Lipinski definition) is 1. The summed E-state index contributed by atoms with van der Waals surface area (Å²) in [5.41, 5.74) is 5.85. The smallest absolute Gasteiger partial charge is 0.159 e. The maximum atomic E-state index is 13.4. The van der Waals surface area contributed by atoms with Gasteiger partial charge in [0.1, 0.15) is 11.5 Å². The average molecular weight is 392 g/mol. The summed E-state index contributed by atoms with van der Waals surface area (Å²) in [7, 11) is 0. The third-order valence-electron chi connectivity index (χ3n) is 5.55. The number of H-pyrrole nitrogens is 1. The molecule has 0 aliphatic carbocycles. The molecule has 0 radical (unpaired) electrons. The van der Waals surface area contributed by atoms with E-state index >= 15 is 0 Å². The van der Waals surface area contributed by atoms with Crippen LogP contribution in [-0.4, -0.2) is 19.5 Å². The minimum absolute atomic E-state index is 0.231. The third kappa shape index (κ3) is 2.59. The number of fused-ring (bicyclic) bond motifs is 4. The molecule has 0 spiro atoms. The normalized spacial score (nSPS) is 11.6. The Balaban J connectivity index is 1.65. The van der Waals surface area contributed by atoms with Gasteiger partial charge >= 0.3 is 0 Å². The van der Waals surface area contributed by atoms with Gasteiger partial charge in [0.2, 0.25) is 0 Å². The summed E-state index contributed by atoms with van der Waals surface area (Å²) >= 11 is 0. The first kappa shape index (κ1) is 16.9. The van der Waals surface area contributed by atoms with Crippen molar-refractivity contribution in [1.82, 2.24) is 19.5 Å². The van der Waals surface area contributed by atoms with Crippen LogP contribution in [0.2, 0.25) is 0 Å². The van der Waals surface area contributed by atoms with Crippen molar-refractivity contribution in [3.63, 3.8) is 0 Å². The molecule has 4 nitrogen and oxygen atoms in total. The van der Waals surface area contributed by atoms with Crippen LogP contribution < -0.4 is 0 Å². The molecular weight excluding hydrogens is 375 g/mol. The Labute approximate surface area is 171 Å². The number of nitrogens with zero attached hydrogens (tertiary/aromatic N) is 3. The van der Waals surface area contributed by atoms with Crippen LogP contribution in [0, 0.1) is 5.82 Å². The Morgan fingerprint density at radius 2 is 1.63 bits per heavy atom. The third-order valence-corrected chi connectivity index (χ3v) is 5.55. The van der Waals surface area contributed by atoms with E-state index in [0.717, 1.165) is 49.9 Å². The summed E-state index contributed by atoms with van der Waals surface area (Å²) in [4.78, 5) is 12.9. The van der Waals surface area contributed by atoms with E-state index in [0.29, 0.717) is 6.54 Å². The molecule has 6 rings (SSSR count). The van der Waals surface area contributed by atoms with Gasteiger partial charge in [-0.2, -0.15) is 0 Å². The summed E-state index contributed by atoms with van der Waals surface area (Å²) in [5.74, 6) is 0.510. The molecule has 0 unspecified atom stereocenters. The van der Waals surface area contributed by atoms with E-state index in [1.165, 1.54) is 12.1 Å². The van der Waals surface area contributed by atoms with Crippen LogP contribution in [0.25, 0.3) is 44.4 Å². The van der Waals surface area contributed by atoms with Crippen molar-refractivity contribution in [2.75, 3.05) is 0 Å². The van der Waals surface area contributed by atoms with Crippen molar-refractivity contribution < 1.29 is 4.39 Å². The molecule has 0 bridgehead atoms. The molecule has 0 saturated carbocycles. The highest BCUT2D eigenvalue weighted by atomic mass is 19.1. The molecule has 0 aliphatic heterocycles. The zero-order valence-electron chi connectivity index (χ0n) is 16.0. The number of aromatic nitrogens is 4. The van der Waals surface area contributed by atoms with Crippen LogP contribution in [0.4, 0.5) is 4.39 Å². The second kappa shape index (κ2) is 6.52. The van der Waals surface area contributed by atoms with Crippen LogP contribution in [-0.2, 0) is 6.54 Å². The Bertz CT molecular complexity index is 1490. The summed E-state index contributed by atoms with van der Waals surface area (Å²) in [6.07, 6.45) is 1.83. The second-order valence-corrected chi connectivity index (χ2v) is 7.39. The minimum atomic E-state index is -0.231. The fraction of sp³-hybridized carbons (Fsp3) is 0.0400. The van der Waals surface area contributed by atoms with Gasteiger partial charge < -0.3 is 9.55 Å². The lowest BCUT2D eigenvalue weighted by atomic mass is 10.1. The molecule has 0 fully saturated rings. The first-order chi connectivity index (χ1) is 14.8. The minimum Gasteiger partial charge on any atom is -0.337 e. The van der Waals surface area contributed by atoms with Crippen LogP contribution in [0.1, 0.15) is 5.56 Å². The van der Waals surface area contributed by atoms with Gasteiger partial charge in [-0.25, -0.2) is 9.37 Å². The number of rotatable bonds is 3. The fourth-order valence-corrected chi connectivity index (χ4v) is 4.18. The molecule has 144 valence electrons. The van der Waals surface area contributed by atoms with Gasteiger partial charge in [0.15, 0.2) is 5.82 Å². The number of imidazole rings is 1. The number of aromatic amines is 1. The number of pyridine rings is 1. The summed E-state index contributed by atoms with van der Waals surface area (Å²) in [5, 5.41) is 2.28. The fourth-order valence-electron chi connectivity index (χ4n) is 4.18. The standard InChI is InChI=1S/C25H17FN4/c26-17-11-9-16(10-12-17)15-30-22-8-4-1-5-18(22)19-13-14-27-23(24(19)30)25-28-20-6-2-3-7-21(20)29-25/h1-14H,15H2,(H,28,29). The molecule has 0 atom stereocenters. The highest BCUT2D eigenvalue weighted by Crippen LogP contribution is 2.34. The zero-order chi connectivity index (χ0) is 20.1. The molecule has 6 aromatic rings. The molecule has 3 aromatic carbocycles. The van der Waals surface area contributed by atoms with Crippen LogP contribution >= 0.6 is 0 Å². The number of para-hydroxylation sites is 3. The molecule has 3 heterocycles. The molecule has 3 aromatic heterocycles. The van der Waals surface area contributed by atoms with E-state index < -0.39 is 0 Å². The summed E-state index contributed by atoms with van der Waals surface area (Å²) < 4.78 is 15.7. The van der Waals surface area contributed by atoms with E-state index in [1.54, 1.807) is 0 Å². The van der Waals surface area contributed by atoms with E-state index in [2.05, 4.69) is 21.7 Å². The van der Waals surface area contributed by atoms with Crippen LogP contribution in [0.3, 0.4) is 0 Å². The quantitative estimate of drug-likeness (QED) is 0.406. The Hall–Kier alpha value is -3.99. The SMILES string of the molecule is Fc1ccc(Cn2c3ccccc3c3ccnc(-c4nc5ccccc5[nH]4)c32)cc1. The first-order valence-electron chi connectivity index (χ1n) is 9.83. The van der Waals surface area contributed by atoms with E-state index in [4.69, 9.17) is 9.97 Å². The molecule has 0 aliphatic rings. The number of hydrogen-bond acceptors (Lipinski definition) is 2. The van der Waals surface area contributed by atoms with Gasteiger partial charge in [0.05, 0.1) is 16.6 Å².